The second-order valence-corrected chi connectivity index (χ2v) is 5.18. The van der Waals surface area contributed by atoms with Crippen LogP contribution in [0.5, 0.6) is 0 Å². The normalized spacial score (nSPS) is 13.9. The van der Waals surface area contributed by atoms with Crippen LogP contribution >= 0.6 is 11.6 Å². The Balaban J connectivity index is 2.02. The molecule has 0 aromatic heterocycles. The van der Waals surface area contributed by atoms with Crippen LogP contribution in [-0.4, -0.2) is 35.1 Å². The number of carbonyl (C=O) groups is 2. The van der Waals surface area contributed by atoms with Crippen LogP contribution in [0, 0.1) is 11.7 Å². The molecule has 0 radical (unpaired) electrons. The molecule has 0 spiro atoms. The van der Waals surface area contributed by atoms with Gasteiger partial charge < -0.3 is 15.3 Å². The molecule has 20 heavy (non-hydrogen) atoms. The number of nitrogens with one attached hydrogen (secondary N) is 1. The minimum absolute atomic E-state index is 0.0385. The monoisotopic (exact) mass is 300 g/mol. The fraction of sp³-hybridized carbons (Fsp3) is 0.385. The number of aliphatic carboxylic acids is 1. The van der Waals surface area contributed by atoms with Gasteiger partial charge in [0.1, 0.15) is 12.4 Å². The predicted molar refractivity (Wildman–Crippen MR) is 72.4 cm³/mol. The quantitative estimate of drug-likeness (QED) is 0.878. The molecule has 0 saturated heterocycles. The Morgan fingerprint density at radius 1 is 1.45 bits per heavy atom. The molecule has 1 saturated carbocycles. The topological polar surface area (TPSA) is 69.6 Å². The minimum atomic E-state index is -1.08. The Hall–Kier alpha value is -1.82. The molecule has 5 nitrogen and oxygen atoms in total. The molecule has 0 aliphatic heterocycles. The van der Waals surface area contributed by atoms with E-state index in [0.29, 0.717) is 12.5 Å². The van der Waals surface area contributed by atoms with Gasteiger partial charge >= 0.3 is 12.0 Å². The SMILES string of the molecule is O=C(O)CN(CC1CC1)C(=O)Nc1ccc(Cl)c(F)c1. The van der Waals surface area contributed by atoms with E-state index >= 15 is 0 Å². The molecule has 0 atom stereocenters. The Bertz CT molecular complexity index is 534. The third-order valence-corrected chi connectivity index (χ3v) is 3.27. The van der Waals surface area contributed by atoms with E-state index < -0.39 is 17.8 Å². The van der Waals surface area contributed by atoms with Crippen molar-refractivity contribution in [3.63, 3.8) is 0 Å². The smallest absolute Gasteiger partial charge is 0.323 e. The van der Waals surface area contributed by atoms with Crippen LogP contribution in [0.3, 0.4) is 0 Å². The van der Waals surface area contributed by atoms with Crippen molar-refractivity contribution in [3.8, 4) is 0 Å². The Labute approximate surface area is 120 Å². The zero-order chi connectivity index (χ0) is 14.7. The summed E-state index contributed by atoms with van der Waals surface area (Å²) in [6.07, 6.45) is 2.00. The maximum Gasteiger partial charge on any atom is 0.323 e. The first-order chi connectivity index (χ1) is 9.45. The number of anilines is 1. The summed E-state index contributed by atoms with van der Waals surface area (Å²) < 4.78 is 13.3. The molecule has 2 N–H and O–H groups in total. The molecule has 1 aliphatic carbocycles. The van der Waals surface area contributed by atoms with Gasteiger partial charge in [0, 0.05) is 12.2 Å². The number of rotatable bonds is 5. The van der Waals surface area contributed by atoms with E-state index in [1.165, 1.54) is 17.0 Å². The lowest BCUT2D eigenvalue weighted by Crippen LogP contribution is -2.40. The van der Waals surface area contributed by atoms with Gasteiger partial charge in [-0.1, -0.05) is 11.6 Å². The number of carbonyl (C=O) groups excluding carboxylic acids is 1. The van der Waals surface area contributed by atoms with Gasteiger partial charge in [-0.25, -0.2) is 9.18 Å². The summed E-state index contributed by atoms with van der Waals surface area (Å²) in [5.74, 6) is -1.36. The second-order valence-electron chi connectivity index (χ2n) is 4.78. The molecule has 1 fully saturated rings. The van der Waals surface area contributed by atoms with Crippen molar-refractivity contribution in [2.24, 2.45) is 5.92 Å². The highest BCUT2D eigenvalue weighted by Gasteiger charge is 2.28. The lowest BCUT2D eigenvalue weighted by atomic mass is 10.3. The fourth-order valence-electron chi connectivity index (χ4n) is 1.77. The van der Waals surface area contributed by atoms with Gasteiger partial charge in [0.05, 0.1) is 5.02 Å². The average Bonchev–Trinajstić information content (AvgIpc) is 3.16. The van der Waals surface area contributed by atoms with Gasteiger partial charge in [-0.2, -0.15) is 0 Å². The van der Waals surface area contributed by atoms with Crippen LogP contribution in [0.2, 0.25) is 5.02 Å². The number of amides is 2. The maximum atomic E-state index is 13.3. The third kappa shape index (κ3) is 4.09. The van der Waals surface area contributed by atoms with Crippen LogP contribution in [-0.2, 0) is 4.79 Å². The highest BCUT2D eigenvalue weighted by molar-refractivity contribution is 6.30. The Morgan fingerprint density at radius 3 is 2.70 bits per heavy atom. The number of nitrogens with zero attached hydrogens (tertiary/aromatic N) is 1. The van der Waals surface area contributed by atoms with Crippen molar-refractivity contribution in [1.29, 1.82) is 0 Å². The average molecular weight is 301 g/mol. The largest absolute Gasteiger partial charge is 0.480 e. The second kappa shape index (κ2) is 6.09. The summed E-state index contributed by atoms with van der Waals surface area (Å²) in [6.45, 7) is 0.0204. The van der Waals surface area contributed by atoms with E-state index in [-0.39, 0.29) is 17.3 Å². The van der Waals surface area contributed by atoms with Gasteiger partial charge in [0.15, 0.2) is 0 Å². The summed E-state index contributed by atoms with van der Waals surface area (Å²) in [5, 5.41) is 11.2. The van der Waals surface area contributed by atoms with Gasteiger partial charge in [0.2, 0.25) is 0 Å². The first-order valence-corrected chi connectivity index (χ1v) is 6.56. The van der Waals surface area contributed by atoms with E-state index in [4.69, 9.17) is 16.7 Å². The summed E-state index contributed by atoms with van der Waals surface area (Å²) in [6, 6.07) is 3.32. The van der Waals surface area contributed by atoms with E-state index in [2.05, 4.69) is 5.32 Å². The third-order valence-electron chi connectivity index (χ3n) is 2.96. The van der Waals surface area contributed by atoms with Gasteiger partial charge in [-0.15, -0.1) is 0 Å². The van der Waals surface area contributed by atoms with Gasteiger partial charge in [-0.3, -0.25) is 4.79 Å². The molecule has 2 rings (SSSR count). The van der Waals surface area contributed by atoms with Crippen LogP contribution in [0.15, 0.2) is 18.2 Å². The molecule has 7 heteroatoms. The summed E-state index contributed by atoms with van der Waals surface area (Å²) >= 11 is 5.55. The first-order valence-electron chi connectivity index (χ1n) is 6.18. The van der Waals surface area contributed by atoms with Crippen LogP contribution < -0.4 is 5.32 Å². The molecule has 2 amide bonds. The predicted octanol–water partition coefficient (Wildman–Crippen LogP) is 2.81. The van der Waals surface area contributed by atoms with Gasteiger partial charge in [0.25, 0.3) is 0 Å². The number of hydrogen-bond donors (Lipinski definition) is 2. The molecular formula is C13H14ClFN2O3. The Kier molecular flexibility index (Phi) is 4.44. The zero-order valence-corrected chi connectivity index (χ0v) is 11.4. The highest BCUT2D eigenvalue weighted by Crippen LogP contribution is 2.30. The molecule has 0 heterocycles. The van der Waals surface area contributed by atoms with Crippen molar-refractivity contribution in [1.82, 2.24) is 4.90 Å². The van der Waals surface area contributed by atoms with Crippen molar-refractivity contribution in [2.45, 2.75) is 12.8 Å². The molecule has 0 bridgehead atoms. The van der Waals surface area contributed by atoms with Crippen LogP contribution in [0.4, 0.5) is 14.9 Å². The minimum Gasteiger partial charge on any atom is -0.480 e. The maximum absolute atomic E-state index is 13.3. The van der Waals surface area contributed by atoms with E-state index in [0.717, 1.165) is 18.9 Å². The number of urea groups is 1. The van der Waals surface area contributed by atoms with E-state index in [1.54, 1.807) is 0 Å². The summed E-state index contributed by atoms with van der Waals surface area (Å²) in [4.78, 5) is 24.0. The highest BCUT2D eigenvalue weighted by atomic mass is 35.5. The lowest BCUT2D eigenvalue weighted by Gasteiger charge is -2.21. The zero-order valence-electron chi connectivity index (χ0n) is 10.6. The fourth-order valence-corrected chi connectivity index (χ4v) is 1.89. The molecule has 0 unspecified atom stereocenters. The Morgan fingerprint density at radius 2 is 2.15 bits per heavy atom. The molecule has 1 aromatic carbocycles. The van der Waals surface area contributed by atoms with Crippen molar-refractivity contribution >= 4 is 29.3 Å². The molecule has 1 aliphatic rings. The van der Waals surface area contributed by atoms with E-state index in [9.17, 15) is 14.0 Å². The number of carboxylic acid groups (broad SMARTS) is 1. The summed E-state index contributed by atoms with van der Waals surface area (Å²) in [7, 11) is 0. The number of carboxylic acids is 1. The lowest BCUT2D eigenvalue weighted by molar-refractivity contribution is -0.137. The summed E-state index contributed by atoms with van der Waals surface area (Å²) in [5.41, 5.74) is 0.239. The number of hydrogen-bond acceptors (Lipinski definition) is 2. The van der Waals surface area contributed by atoms with Crippen molar-refractivity contribution < 1.29 is 19.1 Å². The molecule has 1 aromatic rings. The van der Waals surface area contributed by atoms with E-state index in [1.807, 2.05) is 0 Å². The standard InChI is InChI=1S/C13H14ClFN2O3/c14-10-4-3-9(5-11(10)15)16-13(20)17(7-12(18)19)6-8-1-2-8/h3-5,8H,1-2,6-7H2,(H,16,20)(H,18,19). The van der Waals surface area contributed by atoms with Crippen molar-refractivity contribution in [3.05, 3.63) is 29.0 Å². The van der Waals surface area contributed by atoms with Gasteiger partial charge in [-0.05, 0) is 37.0 Å². The first kappa shape index (κ1) is 14.6. The number of halogens is 2. The van der Waals surface area contributed by atoms with Crippen LogP contribution in [0.1, 0.15) is 12.8 Å². The van der Waals surface area contributed by atoms with Crippen LogP contribution in [0.25, 0.3) is 0 Å². The molecule has 108 valence electrons. The molecular weight excluding hydrogens is 287 g/mol. The number of benzene rings is 1. The van der Waals surface area contributed by atoms with Crippen molar-refractivity contribution in [2.75, 3.05) is 18.4 Å².